The van der Waals surface area contributed by atoms with Gasteiger partial charge in [-0.1, -0.05) is 24.3 Å². The second-order valence-electron chi connectivity index (χ2n) is 7.33. The van der Waals surface area contributed by atoms with E-state index in [1.54, 1.807) is 18.3 Å². The summed E-state index contributed by atoms with van der Waals surface area (Å²) in [6, 6.07) is 24.0. The molecular formula is C25H20N6O2. The molecule has 0 saturated carbocycles. The zero-order chi connectivity index (χ0) is 22.6. The summed E-state index contributed by atoms with van der Waals surface area (Å²) < 4.78 is 5.62. The maximum absolute atomic E-state index is 12.5. The second kappa shape index (κ2) is 8.80. The topological polar surface area (TPSA) is 105 Å². The van der Waals surface area contributed by atoms with Gasteiger partial charge in [0.1, 0.15) is 28.9 Å². The molecule has 162 valence electrons. The van der Waals surface area contributed by atoms with Crippen molar-refractivity contribution in [1.82, 2.24) is 15.0 Å². The molecule has 8 nitrogen and oxygen atoms in total. The Bertz CT molecular complexity index is 1380. The maximum atomic E-state index is 12.5. The molecule has 0 fully saturated rings. The number of aryl methyl sites for hydroxylation is 1. The minimum absolute atomic E-state index is 0.266. The molecule has 0 aliphatic rings. The first-order chi connectivity index (χ1) is 16.1. The summed E-state index contributed by atoms with van der Waals surface area (Å²) in [6.07, 6.45) is 1.71. The van der Waals surface area contributed by atoms with Gasteiger partial charge in [0.05, 0.1) is 0 Å². The van der Waals surface area contributed by atoms with Gasteiger partial charge < -0.3 is 20.4 Å². The number of benzene rings is 2. The van der Waals surface area contributed by atoms with Crippen LogP contribution in [-0.2, 0) is 0 Å². The lowest BCUT2D eigenvalue weighted by molar-refractivity contribution is 0.0998. The molecule has 0 aliphatic carbocycles. The van der Waals surface area contributed by atoms with E-state index in [9.17, 15) is 4.79 Å². The number of anilines is 5. The van der Waals surface area contributed by atoms with E-state index in [-0.39, 0.29) is 11.7 Å². The van der Waals surface area contributed by atoms with Gasteiger partial charge in [-0.25, -0.2) is 15.0 Å². The number of aromatic nitrogens is 3. The molecule has 5 rings (SSSR count). The van der Waals surface area contributed by atoms with Crippen molar-refractivity contribution in [3.8, 4) is 0 Å². The van der Waals surface area contributed by atoms with Gasteiger partial charge in [0.15, 0.2) is 5.76 Å². The Hall–Kier alpha value is -4.72. The Balaban J connectivity index is 1.26. The van der Waals surface area contributed by atoms with E-state index in [2.05, 4.69) is 30.9 Å². The van der Waals surface area contributed by atoms with Crippen molar-refractivity contribution in [3.63, 3.8) is 0 Å². The average molecular weight is 436 g/mol. The Labute approximate surface area is 189 Å². The SMILES string of the molecule is Cc1nc(Nc2ccc(NC(=O)c3cc4ccccc4o3)cc2)cc(Nc2ccccn2)n1. The van der Waals surface area contributed by atoms with Crippen molar-refractivity contribution in [2.45, 2.75) is 6.92 Å². The average Bonchev–Trinajstić information content (AvgIpc) is 3.25. The Morgan fingerprint density at radius 1 is 0.788 bits per heavy atom. The van der Waals surface area contributed by atoms with E-state index in [1.807, 2.05) is 73.7 Å². The number of pyridine rings is 1. The standard InChI is InChI=1S/C25H20N6O2/c1-16-27-23(15-24(28-16)31-22-8-4-5-13-26-22)29-18-9-11-19(12-10-18)30-25(32)21-14-17-6-2-3-7-20(17)33-21/h2-15H,1H3,(H,30,32)(H2,26,27,28,29,31). The maximum Gasteiger partial charge on any atom is 0.291 e. The van der Waals surface area contributed by atoms with Crippen LogP contribution in [0.25, 0.3) is 11.0 Å². The fourth-order valence-electron chi connectivity index (χ4n) is 3.33. The third-order valence-corrected chi connectivity index (χ3v) is 4.82. The highest BCUT2D eigenvalue weighted by Gasteiger charge is 2.12. The van der Waals surface area contributed by atoms with Gasteiger partial charge in [-0.05, 0) is 55.5 Å². The highest BCUT2D eigenvalue weighted by atomic mass is 16.3. The molecule has 1 amide bonds. The fourth-order valence-corrected chi connectivity index (χ4v) is 3.33. The number of hydrogen-bond acceptors (Lipinski definition) is 7. The van der Waals surface area contributed by atoms with Crippen LogP contribution in [0.3, 0.4) is 0 Å². The predicted octanol–water partition coefficient (Wildman–Crippen LogP) is 5.67. The molecule has 0 bridgehead atoms. The van der Waals surface area contributed by atoms with Crippen molar-refractivity contribution in [3.05, 3.63) is 96.6 Å². The number of amides is 1. The van der Waals surface area contributed by atoms with Crippen LogP contribution in [0.15, 0.2) is 89.5 Å². The van der Waals surface area contributed by atoms with E-state index in [0.717, 1.165) is 11.1 Å². The first-order valence-corrected chi connectivity index (χ1v) is 10.3. The lowest BCUT2D eigenvalue weighted by Gasteiger charge is -2.10. The van der Waals surface area contributed by atoms with E-state index in [4.69, 9.17) is 4.42 Å². The van der Waals surface area contributed by atoms with Crippen LogP contribution >= 0.6 is 0 Å². The van der Waals surface area contributed by atoms with Crippen molar-refractivity contribution >= 4 is 45.7 Å². The van der Waals surface area contributed by atoms with E-state index in [0.29, 0.717) is 34.5 Å². The second-order valence-corrected chi connectivity index (χ2v) is 7.33. The summed E-state index contributed by atoms with van der Waals surface area (Å²) in [7, 11) is 0. The Morgan fingerprint density at radius 3 is 2.27 bits per heavy atom. The third-order valence-electron chi connectivity index (χ3n) is 4.82. The number of nitrogens with zero attached hydrogens (tertiary/aromatic N) is 3. The quantitative estimate of drug-likeness (QED) is 0.315. The van der Waals surface area contributed by atoms with Crippen molar-refractivity contribution in [2.75, 3.05) is 16.0 Å². The first-order valence-electron chi connectivity index (χ1n) is 10.3. The van der Waals surface area contributed by atoms with Gasteiger partial charge in [0.2, 0.25) is 0 Å². The van der Waals surface area contributed by atoms with Crippen molar-refractivity contribution in [1.29, 1.82) is 0 Å². The van der Waals surface area contributed by atoms with Crippen LogP contribution in [0, 0.1) is 6.92 Å². The van der Waals surface area contributed by atoms with Crippen molar-refractivity contribution < 1.29 is 9.21 Å². The summed E-state index contributed by atoms with van der Waals surface area (Å²) >= 11 is 0. The predicted molar refractivity (Wildman–Crippen MR) is 128 cm³/mol. The monoisotopic (exact) mass is 436 g/mol. The Morgan fingerprint density at radius 2 is 1.52 bits per heavy atom. The zero-order valence-corrected chi connectivity index (χ0v) is 17.7. The molecule has 3 N–H and O–H groups in total. The van der Waals surface area contributed by atoms with E-state index >= 15 is 0 Å². The molecule has 0 unspecified atom stereocenters. The van der Waals surface area contributed by atoms with E-state index in [1.165, 1.54) is 0 Å². The number of para-hydroxylation sites is 1. The number of carbonyl (C=O) groups is 1. The number of furan rings is 1. The molecule has 8 heteroatoms. The van der Waals surface area contributed by atoms with Gasteiger partial charge in [-0.2, -0.15) is 0 Å². The molecular weight excluding hydrogens is 416 g/mol. The van der Waals surface area contributed by atoms with Crippen LogP contribution < -0.4 is 16.0 Å². The third kappa shape index (κ3) is 4.80. The van der Waals surface area contributed by atoms with Crippen LogP contribution in [0.4, 0.5) is 28.8 Å². The smallest absolute Gasteiger partial charge is 0.291 e. The first kappa shape index (κ1) is 20.2. The Kier molecular flexibility index (Phi) is 5.38. The highest BCUT2D eigenvalue weighted by Crippen LogP contribution is 2.23. The van der Waals surface area contributed by atoms with Gasteiger partial charge in [-0.3, -0.25) is 4.79 Å². The summed E-state index contributed by atoms with van der Waals surface area (Å²) in [6.45, 7) is 1.82. The normalized spacial score (nSPS) is 10.7. The number of fused-ring (bicyclic) bond motifs is 1. The van der Waals surface area contributed by atoms with Gasteiger partial charge in [0.25, 0.3) is 5.91 Å². The summed E-state index contributed by atoms with van der Waals surface area (Å²) in [5.41, 5.74) is 2.15. The molecule has 0 atom stereocenters. The lowest BCUT2D eigenvalue weighted by Crippen LogP contribution is -2.10. The molecule has 0 aliphatic heterocycles. The number of hydrogen-bond donors (Lipinski definition) is 3. The largest absolute Gasteiger partial charge is 0.451 e. The minimum atomic E-state index is -0.302. The molecule has 2 aromatic carbocycles. The molecule has 3 heterocycles. The number of rotatable bonds is 6. The van der Waals surface area contributed by atoms with Gasteiger partial charge in [-0.15, -0.1) is 0 Å². The summed E-state index contributed by atoms with van der Waals surface area (Å²) in [4.78, 5) is 25.6. The van der Waals surface area contributed by atoms with E-state index < -0.39 is 0 Å². The van der Waals surface area contributed by atoms with Gasteiger partial charge in [0, 0.05) is 29.0 Å². The zero-order valence-electron chi connectivity index (χ0n) is 17.7. The summed E-state index contributed by atoms with van der Waals surface area (Å²) in [5, 5.41) is 10.2. The molecule has 33 heavy (non-hydrogen) atoms. The fraction of sp³-hybridized carbons (Fsp3) is 0.0400. The molecule has 5 aromatic rings. The minimum Gasteiger partial charge on any atom is -0.451 e. The molecule has 0 spiro atoms. The summed E-state index contributed by atoms with van der Waals surface area (Å²) in [5.74, 6) is 2.56. The molecule has 3 aromatic heterocycles. The van der Waals surface area contributed by atoms with Crippen LogP contribution in [-0.4, -0.2) is 20.9 Å². The lowest BCUT2D eigenvalue weighted by atomic mass is 10.2. The van der Waals surface area contributed by atoms with Gasteiger partial charge >= 0.3 is 0 Å². The van der Waals surface area contributed by atoms with Crippen LogP contribution in [0.2, 0.25) is 0 Å². The number of carbonyl (C=O) groups excluding carboxylic acids is 1. The molecule has 0 radical (unpaired) electrons. The van der Waals surface area contributed by atoms with Crippen LogP contribution in [0.5, 0.6) is 0 Å². The number of nitrogens with one attached hydrogen (secondary N) is 3. The molecule has 0 saturated heterocycles. The van der Waals surface area contributed by atoms with Crippen LogP contribution in [0.1, 0.15) is 16.4 Å². The highest BCUT2D eigenvalue weighted by molar-refractivity contribution is 6.04. The van der Waals surface area contributed by atoms with Crippen molar-refractivity contribution in [2.24, 2.45) is 0 Å².